The number of nitrogens with one attached hydrogen (secondary N) is 1. The monoisotopic (exact) mass is 287 g/mol. The number of nitrogens with two attached hydrogens (primary N) is 1. The second kappa shape index (κ2) is 5.33. The van der Waals surface area contributed by atoms with Crippen molar-refractivity contribution in [1.29, 1.82) is 0 Å². The molecule has 2 aromatic rings. The molecule has 1 saturated heterocycles. The highest BCUT2D eigenvalue weighted by atomic mass is 19.1. The predicted octanol–water partition coefficient (Wildman–Crippen LogP) is 3.06. The maximum Gasteiger partial charge on any atom is 0.150 e. The van der Waals surface area contributed by atoms with Gasteiger partial charge in [-0.05, 0) is 49.7 Å². The molecule has 1 fully saturated rings. The first kappa shape index (κ1) is 13.8. The molecule has 3 N–H and O–H groups in total. The molecule has 4 nitrogen and oxygen atoms in total. The standard InChI is InChI=1S/C16H18FN3O/c1-16(8-9-21-10-16)20-15-13(18)6-7-14(19-15)11-2-4-12(17)5-3-11/h2-7H,8-10,18H2,1H3,(H,19,20). The molecule has 1 aliphatic rings. The molecule has 1 aliphatic heterocycles. The Morgan fingerprint density at radius 2 is 2.00 bits per heavy atom. The predicted molar refractivity (Wildman–Crippen MR) is 81.5 cm³/mol. The van der Waals surface area contributed by atoms with Crippen molar-refractivity contribution >= 4 is 11.5 Å². The number of ether oxygens (including phenoxy) is 1. The van der Waals surface area contributed by atoms with Gasteiger partial charge in [-0.3, -0.25) is 0 Å². The smallest absolute Gasteiger partial charge is 0.150 e. The summed E-state index contributed by atoms with van der Waals surface area (Å²) in [6.07, 6.45) is 0.912. The quantitative estimate of drug-likeness (QED) is 0.911. The molecule has 1 aromatic heterocycles. The van der Waals surface area contributed by atoms with E-state index in [1.807, 2.05) is 12.1 Å². The highest BCUT2D eigenvalue weighted by molar-refractivity contribution is 5.69. The Morgan fingerprint density at radius 1 is 1.24 bits per heavy atom. The lowest BCUT2D eigenvalue weighted by Crippen LogP contribution is -2.35. The number of nitrogens with zero attached hydrogens (tertiary/aromatic N) is 1. The molecule has 0 spiro atoms. The van der Waals surface area contributed by atoms with E-state index in [4.69, 9.17) is 10.5 Å². The van der Waals surface area contributed by atoms with Gasteiger partial charge in [0.05, 0.1) is 23.5 Å². The van der Waals surface area contributed by atoms with Gasteiger partial charge in [-0.1, -0.05) is 0 Å². The van der Waals surface area contributed by atoms with Crippen LogP contribution in [0, 0.1) is 5.82 Å². The summed E-state index contributed by atoms with van der Waals surface area (Å²) in [6.45, 7) is 3.46. The first-order valence-corrected chi connectivity index (χ1v) is 6.94. The minimum atomic E-state index is -0.261. The molecular formula is C16H18FN3O. The van der Waals surface area contributed by atoms with Gasteiger partial charge in [0.25, 0.3) is 0 Å². The van der Waals surface area contributed by atoms with Gasteiger partial charge in [-0.2, -0.15) is 0 Å². The molecule has 0 aliphatic carbocycles. The third kappa shape index (κ3) is 2.97. The van der Waals surface area contributed by atoms with Gasteiger partial charge in [0.2, 0.25) is 0 Å². The molecule has 1 unspecified atom stereocenters. The van der Waals surface area contributed by atoms with Crippen LogP contribution >= 0.6 is 0 Å². The van der Waals surface area contributed by atoms with Gasteiger partial charge in [-0.15, -0.1) is 0 Å². The van der Waals surface area contributed by atoms with E-state index < -0.39 is 0 Å². The molecule has 2 heterocycles. The number of hydrogen-bond acceptors (Lipinski definition) is 4. The summed E-state index contributed by atoms with van der Waals surface area (Å²) in [7, 11) is 0. The van der Waals surface area contributed by atoms with Crippen LogP contribution in [-0.2, 0) is 4.74 Å². The Kier molecular flexibility index (Phi) is 3.51. The van der Waals surface area contributed by atoms with Crippen molar-refractivity contribution in [3.05, 3.63) is 42.2 Å². The van der Waals surface area contributed by atoms with E-state index in [9.17, 15) is 4.39 Å². The summed E-state index contributed by atoms with van der Waals surface area (Å²) < 4.78 is 18.4. The normalized spacial score (nSPS) is 21.4. The summed E-state index contributed by atoms with van der Waals surface area (Å²) in [6, 6.07) is 9.91. The lowest BCUT2D eigenvalue weighted by Gasteiger charge is -2.25. The van der Waals surface area contributed by atoms with Crippen LogP contribution in [0.25, 0.3) is 11.3 Å². The largest absolute Gasteiger partial charge is 0.396 e. The topological polar surface area (TPSA) is 60.2 Å². The highest BCUT2D eigenvalue weighted by Gasteiger charge is 2.30. The maximum absolute atomic E-state index is 13.0. The van der Waals surface area contributed by atoms with Crippen LogP contribution in [0.4, 0.5) is 15.9 Å². The number of halogens is 1. The van der Waals surface area contributed by atoms with Crippen LogP contribution in [0.3, 0.4) is 0 Å². The van der Waals surface area contributed by atoms with Gasteiger partial charge in [0.15, 0.2) is 0 Å². The van der Waals surface area contributed by atoms with E-state index in [0.29, 0.717) is 18.1 Å². The van der Waals surface area contributed by atoms with Crippen molar-refractivity contribution in [3.8, 4) is 11.3 Å². The van der Waals surface area contributed by atoms with Crippen molar-refractivity contribution in [3.63, 3.8) is 0 Å². The lowest BCUT2D eigenvalue weighted by atomic mass is 10.0. The summed E-state index contributed by atoms with van der Waals surface area (Å²) in [5, 5.41) is 3.37. The molecule has 1 aromatic carbocycles. The van der Waals surface area contributed by atoms with Gasteiger partial charge >= 0.3 is 0 Å². The summed E-state index contributed by atoms with van der Waals surface area (Å²) >= 11 is 0. The van der Waals surface area contributed by atoms with Gasteiger partial charge < -0.3 is 15.8 Å². The molecule has 0 amide bonds. The molecule has 0 radical (unpaired) electrons. The molecular weight excluding hydrogens is 269 g/mol. The Bertz CT molecular complexity index is 636. The molecule has 110 valence electrons. The number of hydrogen-bond donors (Lipinski definition) is 2. The minimum Gasteiger partial charge on any atom is -0.396 e. The SMILES string of the molecule is CC1(Nc2nc(-c3ccc(F)cc3)ccc2N)CCOC1. The molecule has 21 heavy (non-hydrogen) atoms. The number of aromatic nitrogens is 1. The van der Waals surface area contributed by atoms with E-state index in [1.54, 1.807) is 12.1 Å². The fourth-order valence-electron chi connectivity index (χ4n) is 2.40. The van der Waals surface area contributed by atoms with Gasteiger partial charge in [0, 0.05) is 12.2 Å². The maximum atomic E-state index is 13.0. The van der Waals surface area contributed by atoms with Crippen molar-refractivity contribution in [2.75, 3.05) is 24.3 Å². The number of rotatable bonds is 3. The second-order valence-corrected chi connectivity index (χ2v) is 5.63. The van der Waals surface area contributed by atoms with Crippen LogP contribution in [0.15, 0.2) is 36.4 Å². The Balaban J connectivity index is 1.90. The van der Waals surface area contributed by atoms with Crippen LogP contribution in [-0.4, -0.2) is 23.7 Å². The van der Waals surface area contributed by atoms with E-state index in [-0.39, 0.29) is 11.4 Å². The highest BCUT2D eigenvalue weighted by Crippen LogP contribution is 2.28. The van der Waals surface area contributed by atoms with Crippen LogP contribution in [0.1, 0.15) is 13.3 Å². The van der Waals surface area contributed by atoms with E-state index >= 15 is 0 Å². The fourth-order valence-corrected chi connectivity index (χ4v) is 2.40. The first-order valence-electron chi connectivity index (χ1n) is 6.94. The van der Waals surface area contributed by atoms with Crippen LogP contribution in [0.2, 0.25) is 0 Å². The molecule has 1 atom stereocenters. The zero-order valence-corrected chi connectivity index (χ0v) is 11.9. The van der Waals surface area contributed by atoms with Crippen LogP contribution < -0.4 is 11.1 Å². The molecule has 5 heteroatoms. The number of pyridine rings is 1. The zero-order valence-electron chi connectivity index (χ0n) is 11.9. The van der Waals surface area contributed by atoms with Crippen molar-refractivity contribution in [1.82, 2.24) is 4.98 Å². The second-order valence-electron chi connectivity index (χ2n) is 5.63. The number of nitrogen functional groups attached to an aromatic ring is 1. The third-order valence-corrected chi connectivity index (χ3v) is 3.71. The number of benzene rings is 1. The Labute approximate surface area is 123 Å². The van der Waals surface area contributed by atoms with Gasteiger partial charge in [-0.25, -0.2) is 9.37 Å². The molecule has 0 saturated carbocycles. The number of anilines is 2. The average Bonchev–Trinajstić information content (AvgIpc) is 2.89. The third-order valence-electron chi connectivity index (χ3n) is 3.71. The van der Waals surface area contributed by atoms with Crippen molar-refractivity contribution < 1.29 is 9.13 Å². The lowest BCUT2D eigenvalue weighted by molar-refractivity contribution is 0.185. The first-order chi connectivity index (χ1) is 10.1. The van der Waals surface area contributed by atoms with Crippen LogP contribution in [0.5, 0.6) is 0 Å². The van der Waals surface area contributed by atoms with Crippen molar-refractivity contribution in [2.24, 2.45) is 0 Å². The molecule has 3 rings (SSSR count). The summed E-state index contributed by atoms with van der Waals surface area (Å²) in [4.78, 5) is 4.57. The van der Waals surface area contributed by atoms with Gasteiger partial charge in [0.1, 0.15) is 11.6 Å². The summed E-state index contributed by atoms with van der Waals surface area (Å²) in [5.74, 6) is 0.382. The fraction of sp³-hybridized carbons (Fsp3) is 0.312. The van der Waals surface area contributed by atoms with E-state index in [0.717, 1.165) is 24.3 Å². The zero-order chi connectivity index (χ0) is 14.9. The van der Waals surface area contributed by atoms with E-state index in [1.165, 1.54) is 12.1 Å². The summed E-state index contributed by atoms with van der Waals surface area (Å²) in [5.41, 5.74) is 8.06. The Hall–Kier alpha value is -2.14. The average molecular weight is 287 g/mol. The minimum absolute atomic E-state index is 0.150. The Morgan fingerprint density at radius 3 is 2.67 bits per heavy atom. The van der Waals surface area contributed by atoms with E-state index in [2.05, 4.69) is 17.2 Å². The van der Waals surface area contributed by atoms with Crippen molar-refractivity contribution in [2.45, 2.75) is 18.9 Å². The molecule has 0 bridgehead atoms.